The zero-order valence-electron chi connectivity index (χ0n) is 16.1. The van der Waals surface area contributed by atoms with Crippen molar-refractivity contribution in [2.45, 2.75) is 13.3 Å². The minimum absolute atomic E-state index is 0.138. The standard InChI is InChI=1S/C19H25N5O3S/c1-3-8-21-18(25)16-15(20)17(28-22-16)19(26)24-11-9-23(10-12-24)13-4-6-14(27-2)7-5-13/h4-7H,3,8-12,20H2,1-2H3,(H,21,25). The van der Waals surface area contributed by atoms with Crippen LogP contribution in [0.2, 0.25) is 0 Å². The molecule has 0 bridgehead atoms. The van der Waals surface area contributed by atoms with Crippen molar-refractivity contribution in [2.75, 3.05) is 50.5 Å². The lowest BCUT2D eigenvalue weighted by atomic mass is 10.2. The molecule has 1 aromatic heterocycles. The Balaban J connectivity index is 1.62. The summed E-state index contributed by atoms with van der Waals surface area (Å²) < 4.78 is 9.29. The van der Waals surface area contributed by atoms with Gasteiger partial charge >= 0.3 is 0 Å². The van der Waals surface area contributed by atoms with E-state index in [0.29, 0.717) is 24.5 Å². The predicted octanol–water partition coefficient (Wildman–Crippen LogP) is 1.84. The first-order valence-corrected chi connectivity index (χ1v) is 10.0. The highest BCUT2D eigenvalue weighted by atomic mass is 32.1. The molecular formula is C19H25N5O3S. The molecule has 1 aliphatic heterocycles. The molecule has 150 valence electrons. The summed E-state index contributed by atoms with van der Waals surface area (Å²) in [5, 5.41) is 2.74. The summed E-state index contributed by atoms with van der Waals surface area (Å²) in [5.41, 5.74) is 7.45. The third-order valence-corrected chi connectivity index (χ3v) is 5.53. The van der Waals surface area contributed by atoms with E-state index in [1.54, 1.807) is 12.0 Å². The monoisotopic (exact) mass is 403 g/mol. The van der Waals surface area contributed by atoms with Gasteiger partial charge in [0.25, 0.3) is 11.8 Å². The first kappa shape index (κ1) is 19.9. The van der Waals surface area contributed by atoms with Crippen molar-refractivity contribution in [2.24, 2.45) is 0 Å². The Morgan fingerprint density at radius 3 is 2.50 bits per heavy atom. The summed E-state index contributed by atoms with van der Waals surface area (Å²) in [6.07, 6.45) is 0.819. The Hall–Kier alpha value is -2.81. The first-order chi connectivity index (χ1) is 13.5. The number of piperazine rings is 1. The number of anilines is 2. The molecule has 0 saturated carbocycles. The number of hydrogen-bond donors (Lipinski definition) is 2. The topological polar surface area (TPSA) is 101 Å². The van der Waals surface area contributed by atoms with E-state index in [4.69, 9.17) is 10.5 Å². The number of aromatic nitrogens is 1. The zero-order chi connectivity index (χ0) is 20.1. The molecule has 8 nitrogen and oxygen atoms in total. The highest BCUT2D eigenvalue weighted by Crippen LogP contribution is 2.25. The molecule has 1 saturated heterocycles. The minimum atomic E-state index is -0.334. The van der Waals surface area contributed by atoms with Crippen LogP contribution in [0.3, 0.4) is 0 Å². The Morgan fingerprint density at radius 1 is 1.21 bits per heavy atom. The maximum absolute atomic E-state index is 12.8. The third kappa shape index (κ3) is 4.19. The maximum atomic E-state index is 12.8. The van der Waals surface area contributed by atoms with Crippen LogP contribution in [0.4, 0.5) is 11.4 Å². The maximum Gasteiger partial charge on any atom is 0.273 e. The number of nitrogens with zero attached hydrogens (tertiary/aromatic N) is 3. The number of ether oxygens (including phenoxy) is 1. The van der Waals surface area contributed by atoms with Crippen molar-refractivity contribution in [3.05, 3.63) is 34.8 Å². The SMILES string of the molecule is CCCNC(=O)c1nsc(C(=O)N2CCN(c3ccc(OC)cc3)CC2)c1N. The zero-order valence-corrected chi connectivity index (χ0v) is 16.9. The Kier molecular flexibility index (Phi) is 6.35. The number of rotatable bonds is 6. The molecule has 2 amide bonds. The largest absolute Gasteiger partial charge is 0.497 e. The Morgan fingerprint density at radius 2 is 1.89 bits per heavy atom. The molecule has 3 rings (SSSR count). The molecule has 2 aromatic rings. The van der Waals surface area contributed by atoms with Gasteiger partial charge in [0.15, 0.2) is 5.69 Å². The molecule has 0 atom stereocenters. The summed E-state index contributed by atoms with van der Waals surface area (Å²) >= 11 is 0.986. The van der Waals surface area contributed by atoms with Crippen molar-refractivity contribution in [1.82, 2.24) is 14.6 Å². The molecular weight excluding hydrogens is 378 g/mol. The first-order valence-electron chi connectivity index (χ1n) is 9.26. The van der Waals surface area contributed by atoms with E-state index in [1.165, 1.54) is 0 Å². The number of carbonyl (C=O) groups excluding carboxylic acids is 2. The van der Waals surface area contributed by atoms with Crippen LogP contribution in [-0.4, -0.2) is 60.9 Å². The van der Waals surface area contributed by atoms with Gasteiger partial charge in [0.2, 0.25) is 0 Å². The van der Waals surface area contributed by atoms with Crippen molar-refractivity contribution in [3.63, 3.8) is 0 Å². The van der Waals surface area contributed by atoms with Gasteiger partial charge in [0.05, 0.1) is 12.8 Å². The summed E-state index contributed by atoms with van der Waals surface area (Å²) in [6.45, 7) is 5.12. The van der Waals surface area contributed by atoms with Gasteiger partial charge < -0.3 is 25.6 Å². The average Bonchev–Trinajstić information content (AvgIpc) is 3.13. The van der Waals surface area contributed by atoms with Crippen LogP contribution in [0, 0.1) is 0 Å². The number of carbonyl (C=O) groups is 2. The molecule has 1 aromatic carbocycles. The van der Waals surface area contributed by atoms with Crippen LogP contribution in [0.15, 0.2) is 24.3 Å². The van der Waals surface area contributed by atoms with Gasteiger partial charge in [-0.25, -0.2) is 0 Å². The Bertz CT molecular complexity index is 829. The highest BCUT2D eigenvalue weighted by Gasteiger charge is 2.28. The normalized spacial score (nSPS) is 14.1. The molecule has 0 spiro atoms. The molecule has 0 unspecified atom stereocenters. The summed E-state index contributed by atoms with van der Waals surface area (Å²) in [7, 11) is 1.64. The fourth-order valence-corrected chi connectivity index (χ4v) is 3.81. The van der Waals surface area contributed by atoms with E-state index >= 15 is 0 Å². The van der Waals surface area contributed by atoms with Crippen molar-refractivity contribution in [1.29, 1.82) is 0 Å². The molecule has 2 heterocycles. The number of nitrogens with two attached hydrogens (primary N) is 1. The van der Waals surface area contributed by atoms with E-state index in [9.17, 15) is 9.59 Å². The molecule has 3 N–H and O–H groups in total. The van der Waals surface area contributed by atoms with Gasteiger partial charge in [-0.2, -0.15) is 4.37 Å². The highest BCUT2D eigenvalue weighted by molar-refractivity contribution is 7.09. The second-order valence-electron chi connectivity index (χ2n) is 6.51. The fraction of sp³-hybridized carbons (Fsp3) is 0.421. The number of benzene rings is 1. The van der Waals surface area contributed by atoms with Crippen LogP contribution in [0.1, 0.15) is 33.5 Å². The minimum Gasteiger partial charge on any atom is -0.497 e. The van der Waals surface area contributed by atoms with Crippen molar-refractivity contribution in [3.8, 4) is 5.75 Å². The quantitative estimate of drug-likeness (QED) is 0.763. The smallest absolute Gasteiger partial charge is 0.273 e. The van der Waals surface area contributed by atoms with Gasteiger partial charge in [-0.05, 0) is 42.2 Å². The van der Waals surface area contributed by atoms with Crippen LogP contribution in [0.5, 0.6) is 5.75 Å². The van der Waals surface area contributed by atoms with Gasteiger partial charge in [0, 0.05) is 38.4 Å². The lowest BCUT2D eigenvalue weighted by Crippen LogP contribution is -2.48. The van der Waals surface area contributed by atoms with Gasteiger partial charge in [-0.3, -0.25) is 9.59 Å². The van der Waals surface area contributed by atoms with E-state index in [0.717, 1.165) is 42.5 Å². The lowest BCUT2D eigenvalue weighted by molar-refractivity contribution is 0.0752. The van der Waals surface area contributed by atoms with Crippen LogP contribution in [-0.2, 0) is 0 Å². The molecule has 9 heteroatoms. The predicted molar refractivity (Wildman–Crippen MR) is 110 cm³/mol. The number of nitrogens with one attached hydrogen (secondary N) is 1. The fourth-order valence-electron chi connectivity index (χ4n) is 3.04. The average molecular weight is 404 g/mol. The van der Waals surface area contributed by atoms with Gasteiger partial charge in [-0.1, -0.05) is 6.92 Å². The third-order valence-electron chi connectivity index (χ3n) is 4.68. The van der Waals surface area contributed by atoms with E-state index in [-0.39, 0.29) is 23.2 Å². The summed E-state index contributed by atoms with van der Waals surface area (Å²) in [4.78, 5) is 29.3. The second kappa shape index (κ2) is 8.92. The molecule has 1 aliphatic rings. The van der Waals surface area contributed by atoms with Crippen molar-refractivity contribution < 1.29 is 14.3 Å². The van der Waals surface area contributed by atoms with E-state index < -0.39 is 0 Å². The summed E-state index contributed by atoms with van der Waals surface area (Å²) in [6, 6.07) is 7.88. The molecule has 1 fully saturated rings. The van der Waals surface area contributed by atoms with E-state index in [2.05, 4.69) is 14.6 Å². The molecule has 0 aliphatic carbocycles. The Labute approximate surface area is 168 Å². The van der Waals surface area contributed by atoms with Gasteiger partial charge in [-0.15, -0.1) is 0 Å². The van der Waals surface area contributed by atoms with E-state index in [1.807, 2.05) is 31.2 Å². The van der Waals surface area contributed by atoms with Crippen molar-refractivity contribution >= 4 is 34.7 Å². The number of hydrogen-bond acceptors (Lipinski definition) is 7. The molecule has 0 radical (unpaired) electrons. The van der Waals surface area contributed by atoms with Crippen LogP contribution >= 0.6 is 11.5 Å². The molecule has 28 heavy (non-hydrogen) atoms. The number of methoxy groups -OCH3 is 1. The lowest BCUT2D eigenvalue weighted by Gasteiger charge is -2.36. The summed E-state index contributed by atoms with van der Waals surface area (Å²) in [5.74, 6) is 0.315. The van der Waals surface area contributed by atoms with Crippen LogP contribution in [0.25, 0.3) is 0 Å². The van der Waals surface area contributed by atoms with Gasteiger partial charge in [0.1, 0.15) is 10.6 Å². The van der Waals surface area contributed by atoms with Crippen LogP contribution < -0.4 is 20.7 Å². The number of nitrogen functional groups attached to an aromatic ring is 1. The number of amides is 2. The second-order valence-corrected chi connectivity index (χ2v) is 7.28.